The number of hydrogen-bond acceptors (Lipinski definition) is 8. The molecule has 220 valence electrons. The van der Waals surface area contributed by atoms with Crippen LogP contribution in [0.3, 0.4) is 0 Å². The molecule has 0 saturated heterocycles. The Hall–Kier alpha value is -5.78. The van der Waals surface area contributed by atoms with Crippen LogP contribution >= 0.6 is 0 Å². The normalized spacial score (nSPS) is 11.5. The number of amides is 4. The van der Waals surface area contributed by atoms with E-state index in [1.165, 1.54) is 12.5 Å². The molecular formula is C31H30N6O6. The van der Waals surface area contributed by atoms with Crippen LogP contribution in [0.4, 0.5) is 11.4 Å². The lowest BCUT2D eigenvalue weighted by Crippen LogP contribution is -2.22. The monoisotopic (exact) mass is 582 g/mol. The van der Waals surface area contributed by atoms with Gasteiger partial charge in [-0.05, 0) is 79.9 Å². The van der Waals surface area contributed by atoms with Crippen molar-refractivity contribution in [1.29, 1.82) is 0 Å². The van der Waals surface area contributed by atoms with Crippen LogP contribution in [0.25, 0.3) is 0 Å². The largest absolute Gasteiger partial charge is 0.459 e. The maximum atomic E-state index is 12.3. The van der Waals surface area contributed by atoms with Crippen LogP contribution in [-0.4, -0.2) is 35.1 Å². The first-order valence-electron chi connectivity index (χ1n) is 13.4. The Balaban J connectivity index is 1.19. The zero-order chi connectivity index (χ0) is 30.6. The zero-order valence-electron chi connectivity index (χ0n) is 23.5. The Morgan fingerprint density at radius 1 is 0.628 bits per heavy atom. The maximum absolute atomic E-state index is 12.3. The summed E-state index contributed by atoms with van der Waals surface area (Å²) in [5.74, 6) is -1.06. The van der Waals surface area contributed by atoms with Gasteiger partial charge in [-0.2, -0.15) is 10.2 Å². The lowest BCUT2D eigenvalue weighted by molar-refractivity contribution is -0.122. The number of rotatable bonds is 12. The quantitative estimate of drug-likeness (QED) is 0.136. The van der Waals surface area contributed by atoms with Gasteiger partial charge in [0.15, 0.2) is 11.5 Å². The highest BCUT2D eigenvalue weighted by atomic mass is 16.3. The zero-order valence-corrected chi connectivity index (χ0v) is 23.5. The molecule has 2 aromatic carbocycles. The topological polar surface area (TPSA) is 167 Å². The fraction of sp³-hybridized carbons (Fsp3) is 0.161. The van der Waals surface area contributed by atoms with Crippen LogP contribution in [0.2, 0.25) is 0 Å². The van der Waals surface area contributed by atoms with Crippen molar-refractivity contribution in [3.8, 4) is 0 Å². The number of carbonyl (C=O) groups excluding carboxylic acids is 4. The molecule has 0 fully saturated rings. The minimum absolute atomic E-state index is 0.0869. The molecule has 4 amide bonds. The van der Waals surface area contributed by atoms with Crippen molar-refractivity contribution in [3.05, 3.63) is 108 Å². The van der Waals surface area contributed by atoms with Crippen LogP contribution in [0.1, 0.15) is 65.3 Å². The van der Waals surface area contributed by atoms with Gasteiger partial charge in [0.2, 0.25) is 11.8 Å². The molecule has 4 N–H and O–H groups in total. The third kappa shape index (κ3) is 9.11. The van der Waals surface area contributed by atoms with E-state index in [1.54, 1.807) is 86.6 Å². The summed E-state index contributed by atoms with van der Waals surface area (Å²) in [5, 5.41) is 13.7. The second kappa shape index (κ2) is 14.7. The van der Waals surface area contributed by atoms with Gasteiger partial charge in [0, 0.05) is 24.2 Å². The fourth-order valence-corrected chi connectivity index (χ4v) is 3.79. The SMILES string of the molecule is C/C(=N/NC(=O)CCCC(=O)N/N=C(/C)c1cccc(NC(=O)c2ccco2)c1)c1cccc(NC(=O)c2ccco2)c1. The van der Waals surface area contributed by atoms with E-state index in [1.807, 2.05) is 0 Å². The lowest BCUT2D eigenvalue weighted by atomic mass is 10.1. The van der Waals surface area contributed by atoms with Gasteiger partial charge in [-0.3, -0.25) is 19.2 Å². The second-order valence-corrected chi connectivity index (χ2v) is 9.34. The lowest BCUT2D eigenvalue weighted by Gasteiger charge is -2.07. The summed E-state index contributed by atoms with van der Waals surface area (Å²) < 4.78 is 10.2. The summed E-state index contributed by atoms with van der Waals surface area (Å²) in [7, 11) is 0. The van der Waals surface area contributed by atoms with E-state index < -0.39 is 0 Å². The highest BCUT2D eigenvalue weighted by Gasteiger charge is 2.11. The number of carbonyl (C=O) groups is 4. The molecule has 0 aliphatic carbocycles. The fourth-order valence-electron chi connectivity index (χ4n) is 3.79. The predicted molar refractivity (Wildman–Crippen MR) is 161 cm³/mol. The first-order valence-corrected chi connectivity index (χ1v) is 13.4. The van der Waals surface area contributed by atoms with E-state index in [9.17, 15) is 19.2 Å². The Morgan fingerprint density at radius 2 is 1.07 bits per heavy atom. The van der Waals surface area contributed by atoms with E-state index in [2.05, 4.69) is 31.7 Å². The average Bonchev–Trinajstić information content (AvgIpc) is 3.74. The van der Waals surface area contributed by atoms with Crippen molar-refractivity contribution in [2.24, 2.45) is 10.2 Å². The highest BCUT2D eigenvalue weighted by molar-refractivity contribution is 6.05. The van der Waals surface area contributed by atoms with Gasteiger partial charge < -0.3 is 19.5 Å². The number of benzene rings is 2. The van der Waals surface area contributed by atoms with E-state index in [-0.39, 0.29) is 48.0 Å². The molecule has 2 aromatic heterocycles. The van der Waals surface area contributed by atoms with E-state index >= 15 is 0 Å². The average molecular weight is 583 g/mol. The van der Waals surface area contributed by atoms with Crippen molar-refractivity contribution in [1.82, 2.24) is 10.9 Å². The first-order chi connectivity index (χ1) is 20.8. The molecule has 0 aliphatic rings. The number of hydrazone groups is 2. The Kier molecular flexibility index (Phi) is 10.3. The van der Waals surface area contributed by atoms with Crippen molar-refractivity contribution in [3.63, 3.8) is 0 Å². The molecule has 0 spiro atoms. The van der Waals surface area contributed by atoms with Crippen LogP contribution in [0, 0.1) is 0 Å². The summed E-state index contributed by atoms with van der Waals surface area (Å²) in [5.41, 5.74) is 8.56. The molecule has 4 rings (SSSR count). The van der Waals surface area contributed by atoms with Gasteiger partial charge >= 0.3 is 0 Å². The Bertz CT molecular complexity index is 1520. The first kappa shape index (κ1) is 30.2. The molecule has 0 radical (unpaired) electrons. The van der Waals surface area contributed by atoms with Gasteiger partial charge in [0.25, 0.3) is 11.8 Å². The Labute approximate surface area is 247 Å². The third-order valence-electron chi connectivity index (χ3n) is 6.07. The second-order valence-electron chi connectivity index (χ2n) is 9.34. The third-order valence-corrected chi connectivity index (χ3v) is 6.07. The van der Waals surface area contributed by atoms with E-state index in [0.717, 1.165) is 0 Å². The van der Waals surface area contributed by atoms with Crippen LogP contribution in [-0.2, 0) is 9.59 Å². The molecule has 43 heavy (non-hydrogen) atoms. The van der Waals surface area contributed by atoms with Gasteiger partial charge in [0.1, 0.15) is 0 Å². The summed E-state index contributed by atoms with van der Waals surface area (Å²) in [6.45, 7) is 3.45. The smallest absolute Gasteiger partial charge is 0.291 e. The van der Waals surface area contributed by atoms with Crippen LogP contribution in [0.15, 0.2) is 104 Å². The van der Waals surface area contributed by atoms with Crippen molar-refractivity contribution in [2.75, 3.05) is 10.6 Å². The molecule has 12 heteroatoms. The van der Waals surface area contributed by atoms with Gasteiger partial charge in [0.05, 0.1) is 23.9 Å². The van der Waals surface area contributed by atoms with Gasteiger partial charge in [-0.25, -0.2) is 10.9 Å². The summed E-state index contributed by atoms with van der Waals surface area (Å²) in [6, 6.07) is 20.4. The summed E-state index contributed by atoms with van der Waals surface area (Å²) in [4.78, 5) is 48.9. The molecule has 0 bridgehead atoms. The molecule has 0 unspecified atom stereocenters. The standard InChI is InChI=1S/C31H30N6O6/c1-20(22-8-3-10-24(18-22)32-30(40)26-12-6-16-42-26)34-36-28(38)14-5-15-29(39)37-35-21(2)23-9-4-11-25(19-23)33-31(41)27-13-7-17-43-27/h3-4,6-13,16-19H,5,14-15H2,1-2H3,(H,32,40)(H,33,41)(H,36,38)(H,37,39)/b34-20-,35-21-. The molecule has 0 saturated carbocycles. The molecule has 12 nitrogen and oxygen atoms in total. The molecular weight excluding hydrogens is 552 g/mol. The minimum Gasteiger partial charge on any atom is -0.459 e. The molecule has 4 aromatic rings. The number of furan rings is 2. The highest BCUT2D eigenvalue weighted by Crippen LogP contribution is 2.15. The predicted octanol–water partition coefficient (Wildman–Crippen LogP) is 4.93. The van der Waals surface area contributed by atoms with Gasteiger partial charge in [-0.15, -0.1) is 0 Å². The summed E-state index contributed by atoms with van der Waals surface area (Å²) in [6.07, 6.45) is 3.31. The number of hydrogen-bond donors (Lipinski definition) is 4. The number of nitrogens with one attached hydrogen (secondary N) is 4. The van der Waals surface area contributed by atoms with Gasteiger partial charge in [-0.1, -0.05) is 24.3 Å². The molecule has 0 aliphatic heterocycles. The summed E-state index contributed by atoms with van der Waals surface area (Å²) >= 11 is 0. The van der Waals surface area contributed by atoms with E-state index in [0.29, 0.717) is 40.3 Å². The molecule has 0 atom stereocenters. The minimum atomic E-state index is -0.379. The van der Waals surface area contributed by atoms with Crippen LogP contribution < -0.4 is 21.5 Å². The number of anilines is 2. The van der Waals surface area contributed by atoms with E-state index in [4.69, 9.17) is 8.83 Å². The number of nitrogens with zero attached hydrogens (tertiary/aromatic N) is 2. The molecule has 2 heterocycles. The van der Waals surface area contributed by atoms with Crippen molar-refractivity contribution >= 4 is 46.4 Å². The van der Waals surface area contributed by atoms with Crippen LogP contribution in [0.5, 0.6) is 0 Å². The van der Waals surface area contributed by atoms with Crippen molar-refractivity contribution in [2.45, 2.75) is 33.1 Å². The van der Waals surface area contributed by atoms with Crippen molar-refractivity contribution < 1.29 is 28.0 Å². The Morgan fingerprint density at radius 3 is 1.47 bits per heavy atom. The maximum Gasteiger partial charge on any atom is 0.291 e.